The van der Waals surface area contributed by atoms with Gasteiger partial charge in [0.2, 0.25) is 11.8 Å². The van der Waals surface area contributed by atoms with Gasteiger partial charge in [0.15, 0.2) is 0 Å². The molecule has 3 aromatic rings. The Morgan fingerprint density at radius 1 is 1.02 bits per heavy atom. The number of hydrogen-bond donors (Lipinski definition) is 1. The summed E-state index contributed by atoms with van der Waals surface area (Å²) in [6, 6.07) is 17.2. The molecule has 0 heterocycles. The van der Waals surface area contributed by atoms with Crippen molar-refractivity contribution in [2.75, 3.05) is 24.5 Å². The number of carbonyl (C=O) groups excluding carboxylic acids is 2. The monoisotopic (exact) mass is 589 g/mol. The zero-order valence-electron chi connectivity index (χ0n) is 22.6. The van der Waals surface area contributed by atoms with Crippen molar-refractivity contribution in [3.63, 3.8) is 0 Å². The Balaban J connectivity index is 2.07. The van der Waals surface area contributed by atoms with Crippen LogP contribution in [0, 0.1) is 5.82 Å². The molecule has 0 aromatic heterocycles. The lowest BCUT2D eigenvalue weighted by Crippen LogP contribution is -2.52. The summed E-state index contributed by atoms with van der Waals surface area (Å²) in [4.78, 5) is 28.4. The Morgan fingerprint density at radius 3 is 2.38 bits per heavy atom. The molecule has 2 amide bonds. The molecule has 0 aliphatic heterocycles. The Kier molecular flexibility index (Phi) is 10.9. The number of rotatable bonds is 13. The first-order chi connectivity index (χ1) is 19.1. The molecule has 3 aromatic carbocycles. The molecule has 0 bridgehead atoms. The fraction of sp³-hybridized carbons (Fsp3) is 0.310. The highest BCUT2D eigenvalue weighted by Crippen LogP contribution is 2.28. The molecule has 0 aliphatic carbocycles. The number of carbonyl (C=O) groups is 2. The molecule has 0 saturated carbocycles. The standard InChI is InChI=1S/C29H33ClFN3O5S/c1-4-16-32-29(36)27(5-2)33(19-21-10-9-11-23(17-21)39-3)28(35)20-34(22-14-15-26(31)25(30)18-22)40(37,38)24-12-7-6-8-13-24/h6-15,17-18,27H,4-5,16,19-20H2,1-3H3,(H,32,36)/t27-/m0/s1. The molecule has 0 aliphatic rings. The van der Waals surface area contributed by atoms with Crippen LogP contribution in [0.25, 0.3) is 0 Å². The van der Waals surface area contributed by atoms with Gasteiger partial charge in [-0.1, -0.05) is 55.8 Å². The molecule has 214 valence electrons. The van der Waals surface area contributed by atoms with Crippen LogP contribution in [0.2, 0.25) is 5.02 Å². The predicted molar refractivity (Wildman–Crippen MR) is 153 cm³/mol. The molecule has 0 radical (unpaired) electrons. The van der Waals surface area contributed by atoms with Crippen molar-refractivity contribution in [2.45, 2.75) is 44.2 Å². The van der Waals surface area contributed by atoms with E-state index in [0.717, 1.165) is 16.4 Å². The third kappa shape index (κ3) is 7.51. The summed E-state index contributed by atoms with van der Waals surface area (Å²) < 4.78 is 47.7. The molecule has 8 nitrogen and oxygen atoms in total. The van der Waals surface area contributed by atoms with E-state index in [1.165, 1.54) is 30.2 Å². The fourth-order valence-electron chi connectivity index (χ4n) is 4.14. The molecule has 0 unspecified atom stereocenters. The van der Waals surface area contributed by atoms with Gasteiger partial charge in [0.1, 0.15) is 24.2 Å². The minimum atomic E-state index is -4.28. The summed E-state index contributed by atoms with van der Waals surface area (Å²) in [6.45, 7) is 3.50. The van der Waals surface area contributed by atoms with E-state index in [1.807, 2.05) is 6.92 Å². The van der Waals surface area contributed by atoms with Gasteiger partial charge in [0.05, 0.1) is 22.7 Å². The van der Waals surface area contributed by atoms with Crippen LogP contribution in [-0.4, -0.2) is 51.4 Å². The van der Waals surface area contributed by atoms with Gasteiger partial charge in [-0.25, -0.2) is 12.8 Å². The molecule has 0 fully saturated rings. The smallest absolute Gasteiger partial charge is 0.264 e. The summed E-state index contributed by atoms with van der Waals surface area (Å²) in [7, 11) is -2.76. The van der Waals surface area contributed by atoms with Gasteiger partial charge in [-0.2, -0.15) is 0 Å². The van der Waals surface area contributed by atoms with E-state index in [4.69, 9.17) is 16.3 Å². The number of nitrogens with zero attached hydrogens (tertiary/aromatic N) is 2. The van der Waals surface area contributed by atoms with Crippen molar-refractivity contribution >= 4 is 39.1 Å². The molecule has 11 heteroatoms. The Morgan fingerprint density at radius 2 is 1.75 bits per heavy atom. The highest BCUT2D eigenvalue weighted by atomic mass is 35.5. The fourth-order valence-corrected chi connectivity index (χ4v) is 5.74. The van der Waals surface area contributed by atoms with Crippen LogP contribution in [-0.2, 0) is 26.2 Å². The van der Waals surface area contributed by atoms with Crippen molar-refractivity contribution in [2.24, 2.45) is 0 Å². The van der Waals surface area contributed by atoms with E-state index >= 15 is 0 Å². The number of nitrogens with one attached hydrogen (secondary N) is 1. The van der Waals surface area contributed by atoms with Crippen molar-refractivity contribution in [1.29, 1.82) is 0 Å². The number of hydrogen-bond acceptors (Lipinski definition) is 5. The number of benzene rings is 3. The second-order valence-corrected chi connectivity index (χ2v) is 11.3. The van der Waals surface area contributed by atoms with Crippen molar-refractivity contribution in [3.8, 4) is 5.75 Å². The lowest BCUT2D eigenvalue weighted by Gasteiger charge is -2.33. The molecule has 1 N–H and O–H groups in total. The first-order valence-electron chi connectivity index (χ1n) is 12.8. The summed E-state index contributed by atoms with van der Waals surface area (Å²) in [6.07, 6.45) is 0.999. The first-order valence-corrected chi connectivity index (χ1v) is 14.7. The molecule has 40 heavy (non-hydrogen) atoms. The molecular formula is C29H33ClFN3O5S. The maximum atomic E-state index is 14.0. The largest absolute Gasteiger partial charge is 0.497 e. The van der Waals surface area contributed by atoms with Gasteiger partial charge < -0.3 is 15.0 Å². The number of sulfonamides is 1. The van der Waals surface area contributed by atoms with Crippen LogP contribution in [0.4, 0.5) is 10.1 Å². The van der Waals surface area contributed by atoms with Crippen LogP contribution >= 0.6 is 11.6 Å². The zero-order chi connectivity index (χ0) is 29.3. The van der Waals surface area contributed by atoms with Crippen molar-refractivity contribution < 1.29 is 27.1 Å². The molecule has 0 spiro atoms. The molecule has 0 saturated heterocycles. The average molecular weight is 590 g/mol. The van der Waals surface area contributed by atoms with Crippen molar-refractivity contribution in [1.82, 2.24) is 10.2 Å². The van der Waals surface area contributed by atoms with Crippen LogP contribution in [0.5, 0.6) is 5.75 Å². The normalized spacial score (nSPS) is 11.9. The summed E-state index contributed by atoms with van der Waals surface area (Å²) in [5, 5.41) is 2.54. The van der Waals surface area contributed by atoms with Crippen LogP contribution in [0.3, 0.4) is 0 Å². The number of methoxy groups -OCH3 is 1. The van der Waals surface area contributed by atoms with E-state index in [2.05, 4.69) is 5.32 Å². The van der Waals surface area contributed by atoms with E-state index in [9.17, 15) is 22.4 Å². The predicted octanol–water partition coefficient (Wildman–Crippen LogP) is 5.02. The number of anilines is 1. The van der Waals surface area contributed by atoms with Crippen LogP contribution in [0.1, 0.15) is 32.3 Å². The number of ether oxygens (including phenoxy) is 1. The van der Waals surface area contributed by atoms with Gasteiger partial charge in [-0.3, -0.25) is 13.9 Å². The minimum absolute atomic E-state index is 0.00779. The third-order valence-corrected chi connectivity index (χ3v) is 8.30. The summed E-state index contributed by atoms with van der Waals surface area (Å²) >= 11 is 6.00. The number of halogens is 2. The van der Waals surface area contributed by atoms with Gasteiger partial charge in [-0.05, 0) is 60.9 Å². The lowest BCUT2D eigenvalue weighted by atomic mass is 10.1. The molecular weight excluding hydrogens is 557 g/mol. The van der Waals surface area contributed by atoms with E-state index < -0.39 is 34.3 Å². The Hall–Kier alpha value is -3.63. The SMILES string of the molecule is CCCNC(=O)[C@H](CC)N(Cc1cccc(OC)c1)C(=O)CN(c1ccc(F)c(Cl)c1)S(=O)(=O)c1ccccc1. The number of amides is 2. The van der Waals surface area contributed by atoms with E-state index in [0.29, 0.717) is 30.7 Å². The van der Waals surface area contributed by atoms with Gasteiger partial charge in [0.25, 0.3) is 10.0 Å². The maximum Gasteiger partial charge on any atom is 0.264 e. The van der Waals surface area contributed by atoms with E-state index in [-0.39, 0.29) is 28.1 Å². The third-order valence-electron chi connectivity index (χ3n) is 6.22. The van der Waals surface area contributed by atoms with E-state index in [1.54, 1.807) is 49.4 Å². The summed E-state index contributed by atoms with van der Waals surface area (Å²) in [5.41, 5.74) is 0.699. The van der Waals surface area contributed by atoms with Crippen LogP contribution in [0.15, 0.2) is 77.7 Å². The highest BCUT2D eigenvalue weighted by molar-refractivity contribution is 7.92. The zero-order valence-corrected chi connectivity index (χ0v) is 24.2. The average Bonchev–Trinajstić information content (AvgIpc) is 2.96. The van der Waals surface area contributed by atoms with Gasteiger partial charge in [0, 0.05) is 13.1 Å². The first kappa shape index (κ1) is 30.9. The second-order valence-electron chi connectivity index (χ2n) is 9.01. The van der Waals surface area contributed by atoms with Gasteiger partial charge in [-0.15, -0.1) is 0 Å². The quantitative estimate of drug-likeness (QED) is 0.302. The minimum Gasteiger partial charge on any atom is -0.497 e. The maximum absolute atomic E-state index is 14.0. The molecule has 1 atom stereocenters. The van der Waals surface area contributed by atoms with Crippen molar-refractivity contribution in [3.05, 3.63) is 89.2 Å². The lowest BCUT2D eigenvalue weighted by molar-refractivity contribution is -0.140. The Labute approximate surface area is 239 Å². The molecule has 3 rings (SSSR count). The highest BCUT2D eigenvalue weighted by Gasteiger charge is 2.33. The van der Waals surface area contributed by atoms with Gasteiger partial charge >= 0.3 is 0 Å². The van der Waals surface area contributed by atoms with Crippen LogP contribution < -0.4 is 14.4 Å². The Bertz CT molecular complexity index is 1420. The summed E-state index contributed by atoms with van der Waals surface area (Å²) in [5.74, 6) is -1.13. The topological polar surface area (TPSA) is 96.0 Å². The second kappa shape index (κ2) is 14.1.